The van der Waals surface area contributed by atoms with Gasteiger partial charge in [-0.1, -0.05) is 12.1 Å². The number of nitrogens with zero attached hydrogens (tertiary/aromatic N) is 3. The molecule has 0 aliphatic rings. The Morgan fingerprint density at radius 3 is 2.52 bits per heavy atom. The van der Waals surface area contributed by atoms with Crippen molar-refractivity contribution in [1.29, 1.82) is 0 Å². The number of carbonyl (C=O) groups excluding carboxylic acids is 2. The quantitative estimate of drug-likeness (QED) is 0.271. The molecule has 0 saturated heterocycles. The Bertz CT molecular complexity index is 1290. The molecule has 2 aromatic carbocycles. The van der Waals surface area contributed by atoms with Gasteiger partial charge in [0.15, 0.2) is 0 Å². The summed E-state index contributed by atoms with van der Waals surface area (Å²) in [4.78, 5) is 60.8. The van der Waals surface area contributed by atoms with Crippen molar-refractivity contribution in [3.05, 3.63) is 85.0 Å². The van der Waals surface area contributed by atoms with Crippen LogP contribution in [0.1, 0.15) is 5.56 Å². The summed E-state index contributed by atoms with van der Waals surface area (Å²) in [7, 11) is 0. The van der Waals surface area contributed by atoms with Crippen molar-refractivity contribution >= 4 is 34.6 Å². The lowest BCUT2D eigenvalue weighted by atomic mass is 10.2. The topological polar surface area (TPSA) is 169 Å². The van der Waals surface area contributed by atoms with Crippen LogP contribution in [0, 0.1) is 10.1 Å². The van der Waals surface area contributed by atoms with E-state index < -0.39 is 41.1 Å². The minimum Gasteiger partial charge on any atom is -0.345 e. The number of nitro benzene ring substituents is 1. The van der Waals surface area contributed by atoms with Crippen LogP contribution in [-0.2, 0) is 16.1 Å². The van der Waals surface area contributed by atoms with Crippen molar-refractivity contribution < 1.29 is 14.5 Å². The number of carbonyl (C=O) groups is 2. The van der Waals surface area contributed by atoms with Gasteiger partial charge in [-0.05, 0) is 29.8 Å². The molecule has 1 heterocycles. The van der Waals surface area contributed by atoms with Crippen molar-refractivity contribution in [1.82, 2.24) is 20.3 Å². The zero-order valence-electron chi connectivity index (χ0n) is 15.9. The summed E-state index contributed by atoms with van der Waals surface area (Å²) in [5.74, 6) is -1.36. The molecule has 2 amide bonds. The Hall–Kier alpha value is -4.61. The van der Waals surface area contributed by atoms with Crippen molar-refractivity contribution in [2.75, 3.05) is 6.54 Å². The molecule has 158 valence electrons. The molecule has 31 heavy (non-hydrogen) atoms. The number of amides is 2. The van der Waals surface area contributed by atoms with Gasteiger partial charge in [-0.25, -0.2) is 10.2 Å². The number of fused-ring (bicyclic) bond motifs is 1. The number of rotatable bonds is 7. The van der Waals surface area contributed by atoms with E-state index in [1.807, 2.05) is 0 Å². The van der Waals surface area contributed by atoms with E-state index >= 15 is 0 Å². The number of aromatic nitrogens is 2. The first-order valence-corrected chi connectivity index (χ1v) is 8.90. The molecule has 0 aliphatic heterocycles. The predicted octanol–water partition coefficient (Wildman–Crippen LogP) is -0.135. The first-order valence-electron chi connectivity index (χ1n) is 8.90. The summed E-state index contributed by atoms with van der Waals surface area (Å²) in [5.41, 5.74) is 1.62. The third-order valence-corrected chi connectivity index (χ3v) is 4.14. The van der Waals surface area contributed by atoms with Gasteiger partial charge in [0, 0.05) is 12.1 Å². The summed E-state index contributed by atoms with van der Waals surface area (Å²) < 4.78 is 0.738. The highest BCUT2D eigenvalue weighted by molar-refractivity contribution is 5.86. The predicted molar refractivity (Wildman–Crippen MR) is 111 cm³/mol. The van der Waals surface area contributed by atoms with Gasteiger partial charge < -0.3 is 10.3 Å². The van der Waals surface area contributed by atoms with Gasteiger partial charge >= 0.3 is 5.69 Å². The number of H-pyrrole nitrogens is 1. The normalized spacial score (nSPS) is 10.8. The van der Waals surface area contributed by atoms with Crippen LogP contribution in [0.4, 0.5) is 5.69 Å². The molecular formula is C19H16N6O6. The third-order valence-electron chi connectivity index (χ3n) is 4.14. The van der Waals surface area contributed by atoms with Gasteiger partial charge in [0.05, 0.1) is 28.6 Å². The molecule has 3 aromatic rings. The second kappa shape index (κ2) is 9.26. The van der Waals surface area contributed by atoms with Gasteiger partial charge in [-0.2, -0.15) is 5.10 Å². The van der Waals surface area contributed by atoms with Gasteiger partial charge in [-0.3, -0.25) is 29.1 Å². The average molecular weight is 424 g/mol. The fraction of sp³-hybridized carbons (Fsp3) is 0.105. The van der Waals surface area contributed by atoms with Crippen LogP contribution in [0.5, 0.6) is 0 Å². The first kappa shape index (κ1) is 21.1. The molecule has 0 fully saturated rings. The molecule has 12 nitrogen and oxygen atoms in total. The Kier molecular flexibility index (Phi) is 6.30. The summed E-state index contributed by atoms with van der Waals surface area (Å²) in [6.07, 6.45) is 1.28. The van der Waals surface area contributed by atoms with Gasteiger partial charge in [0.2, 0.25) is 5.91 Å². The van der Waals surface area contributed by atoms with Gasteiger partial charge in [0.1, 0.15) is 6.54 Å². The van der Waals surface area contributed by atoms with Crippen LogP contribution in [0.3, 0.4) is 0 Å². The number of non-ortho nitro benzene ring substituents is 1. The van der Waals surface area contributed by atoms with Crippen molar-refractivity contribution in [2.45, 2.75) is 6.54 Å². The van der Waals surface area contributed by atoms with E-state index in [2.05, 4.69) is 20.8 Å². The van der Waals surface area contributed by atoms with Crippen molar-refractivity contribution in [2.24, 2.45) is 5.10 Å². The SMILES string of the molecule is O=C(Cn1c(=O)[nH]c2ccccc2c1=O)NCC(=O)N/N=C/c1ccc([N+](=O)[O-])cc1. The summed E-state index contributed by atoms with van der Waals surface area (Å²) in [6.45, 7) is -0.991. The fourth-order valence-corrected chi connectivity index (χ4v) is 2.62. The highest BCUT2D eigenvalue weighted by atomic mass is 16.6. The lowest BCUT2D eigenvalue weighted by Gasteiger charge is -2.07. The third kappa shape index (κ3) is 5.26. The van der Waals surface area contributed by atoms with Crippen LogP contribution in [0.15, 0.2) is 63.2 Å². The van der Waals surface area contributed by atoms with Crippen LogP contribution in [-0.4, -0.2) is 39.0 Å². The molecule has 0 unspecified atom stereocenters. The zero-order chi connectivity index (χ0) is 22.4. The minimum atomic E-state index is -0.740. The second-order valence-corrected chi connectivity index (χ2v) is 6.29. The fourth-order valence-electron chi connectivity index (χ4n) is 2.62. The Labute approximate surface area is 173 Å². The Balaban J connectivity index is 1.53. The lowest BCUT2D eigenvalue weighted by molar-refractivity contribution is -0.384. The van der Waals surface area contributed by atoms with Crippen LogP contribution in [0.2, 0.25) is 0 Å². The first-order chi connectivity index (χ1) is 14.8. The number of aromatic amines is 1. The monoisotopic (exact) mass is 424 g/mol. The summed E-state index contributed by atoms with van der Waals surface area (Å²) >= 11 is 0. The Morgan fingerprint density at radius 1 is 1.10 bits per heavy atom. The molecule has 0 atom stereocenters. The highest BCUT2D eigenvalue weighted by Gasteiger charge is 2.12. The maximum absolute atomic E-state index is 12.4. The number of nitrogens with one attached hydrogen (secondary N) is 3. The van der Waals surface area contributed by atoms with E-state index in [0.29, 0.717) is 11.1 Å². The Morgan fingerprint density at radius 2 is 1.81 bits per heavy atom. The van der Waals surface area contributed by atoms with Crippen LogP contribution in [0.25, 0.3) is 10.9 Å². The van der Waals surface area contributed by atoms with Crippen molar-refractivity contribution in [3.63, 3.8) is 0 Å². The standard InChI is InChI=1S/C19H16N6O6/c26-16(23-21-9-12-5-7-13(8-6-12)25(30)31)10-20-17(27)11-24-18(28)14-3-1-2-4-15(14)22-19(24)29/h1-9H,10-11H2,(H,20,27)(H,22,29)(H,23,26)/b21-9+. The average Bonchev–Trinajstić information content (AvgIpc) is 2.75. The molecular weight excluding hydrogens is 408 g/mol. The van der Waals surface area contributed by atoms with Gasteiger partial charge in [0.25, 0.3) is 17.2 Å². The summed E-state index contributed by atoms with van der Waals surface area (Å²) in [5, 5.41) is 16.8. The second-order valence-electron chi connectivity index (χ2n) is 6.29. The number of hydrogen-bond donors (Lipinski definition) is 3. The maximum Gasteiger partial charge on any atom is 0.329 e. The van der Waals surface area contributed by atoms with E-state index in [9.17, 15) is 29.3 Å². The number of benzene rings is 2. The molecule has 1 aromatic heterocycles. The van der Waals surface area contributed by atoms with E-state index in [0.717, 1.165) is 4.57 Å². The van der Waals surface area contributed by atoms with Crippen LogP contribution < -0.4 is 22.0 Å². The lowest BCUT2D eigenvalue weighted by Crippen LogP contribution is -2.42. The molecule has 0 bridgehead atoms. The minimum absolute atomic E-state index is 0.0757. The van der Waals surface area contributed by atoms with E-state index in [1.54, 1.807) is 18.2 Å². The molecule has 3 rings (SSSR count). The largest absolute Gasteiger partial charge is 0.345 e. The molecule has 0 spiro atoms. The van der Waals surface area contributed by atoms with Crippen LogP contribution >= 0.6 is 0 Å². The highest BCUT2D eigenvalue weighted by Crippen LogP contribution is 2.10. The van der Waals surface area contributed by atoms with E-state index in [1.165, 1.54) is 36.5 Å². The molecule has 12 heteroatoms. The number of hydrogen-bond acceptors (Lipinski definition) is 7. The number of nitro groups is 1. The molecule has 0 radical (unpaired) electrons. The van der Waals surface area contributed by atoms with E-state index in [4.69, 9.17) is 0 Å². The molecule has 0 aliphatic carbocycles. The maximum atomic E-state index is 12.4. The van der Waals surface area contributed by atoms with Gasteiger partial charge in [-0.15, -0.1) is 0 Å². The van der Waals surface area contributed by atoms with Crippen molar-refractivity contribution in [3.8, 4) is 0 Å². The zero-order valence-corrected chi connectivity index (χ0v) is 15.9. The van der Waals surface area contributed by atoms with E-state index in [-0.39, 0.29) is 11.1 Å². The molecule has 3 N–H and O–H groups in total. The summed E-state index contributed by atoms with van der Waals surface area (Å²) in [6, 6.07) is 11.9. The molecule has 0 saturated carbocycles. The number of hydrazone groups is 1. The smallest absolute Gasteiger partial charge is 0.329 e. The number of para-hydroxylation sites is 1.